The van der Waals surface area contributed by atoms with Gasteiger partial charge in [-0.15, -0.1) is 0 Å². The molecule has 7 nitrogen and oxygen atoms in total. The molecule has 2 aromatic carbocycles. The van der Waals surface area contributed by atoms with E-state index in [-0.39, 0.29) is 47.5 Å². The zero-order valence-electron chi connectivity index (χ0n) is 22.9. The Labute approximate surface area is 234 Å². The fourth-order valence-corrected chi connectivity index (χ4v) is 5.78. The molecule has 0 heterocycles. The van der Waals surface area contributed by atoms with E-state index in [0.717, 1.165) is 24.8 Å². The number of alkyl halides is 2. The van der Waals surface area contributed by atoms with Crippen molar-refractivity contribution in [2.45, 2.75) is 82.3 Å². The normalized spacial score (nSPS) is 16.4. The number of ketones is 1. The van der Waals surface area contributed by atoms with Crippen LogP contribution in [0.3, 0.4) is 0 Å². The highest BCUT2D eigenvalue weighted by atomic mass is 32.2. The molecule has 0 spiro atoms. The van der Waals surface area contributed by atoms with Crippen LogP contribution in [0.1, 0.15) is 63.5 Å². The Hall–Kier alpha value is -3.11. The molecular formula is C30H37F2NO6S. The van der Waals surface area contributed by atoms with Crippen molar-refractivity contribution in [1.29, 1.82) is 5.41 Å². The second-order valence-electron chi connectivity index (χ2n) is 9.85. The fourth-order valence-electron chi connectivity index (χ4n) is 4.53. The molecule has 10 heteroatoms. The predicted molar refractivity (Wildman–Crippen MR) is 149 cm³/mol. The van der Waals surface area contributed by atoms with E-state index in [4.69, 9.17) is 10.1 Å². The van der Waals surface area contributed by atoms with Crippen LogP contribution in [-0.2, 0) is 27.5 Å². The zero-order valence-corrected chi connectivity index (χ0v) is 23.7. The number of nitrogens with one attached hydrogen (secondary N) is 1. The molecule has 0 aliphatic heterocycles. The first kappa shape index (κ1) is 31.4. The largest absolute Gasteiger partial charge is 0.492 e. The number of hydrogen-bond donors (Lipinski definition) is 2. The van der Waals surface area contributed by atoms with Crippen LogP contribution in [0.25, 0.3) is 0 Å². The van der Waals surface area contributed by atoms with E-state index in [1.807, 2.05) is 12.2 Å². The van der Waals surface area contributed by atoms with Gasteiger partial charge in [0.2, 0.25) is 9.84 Å². The third-order valence-electron chi connectivity index (χ3n) is 6.78. The number of rotatable bonds is 14. The minimum Gasteiger partial charge on any atom is -0.492 e. The molecule has 0 radical (unpaired) electrons. The Balaban J connectivity index is 1.68. The number of carbonyl (C=O) groups is 1. The average molecular weight is 578 g/mol. The maximum atomic E-state index is 13.6. The Morgan fingerprint density at radius 3 is 2.62 bits per heavy atom. The summed E-state index contributed by atoms with van der Waals surface area (Å²) < 4.78 is 64.1. The first-order valence-electron chi connectivity index (χ1n) is 13.6. The standard InChI is InChI=1S/C30H37F2NO6S/c1-3-30(31,32)39-24-14-8-11-22(18-24)20-28(33)40(36,37)27-17-16-21(19-26(27)38-4-2)10-9-15-25(34)29(35)23-12-6-5-7-13-23/h6,8,11-12,14,16-19,23,29,33,35H,3-5,7,9-10,13,15,20H2,1-2H3. The van der Waals surface area contributed by atoms with Crippen molar-refractivity contribution in [3.8, 4) is 11.5 Å². The number of aryl methyl sites for hydroxylation is 1. The Kier molecular flexibility index (Phi) is 11.0. The van der Waals surface area contributed by atoms with E-state index in [1.54, 1.807) is 19.1 Å². The van der Waals surface area contributed by atoms with Gasteiger partial charge in [0.05, 0.1) is 6.61 Å². The van der Waals surface area contributed by atoms with Crippen molar-refractivity contribution >= 4 is 20.7 Å². The molecule has 0 aromatic heterocycles. The SMILES string of the molecule is CCOc1cc(CCCC(=O)C(O)C2C=CCCC2)ccc1S(=O)(=O)C(=N)Cc1cccc(OC(F)(F)CC)c1. The Morgan fingerprint density at radius 1 is 1.18 bits per heavy atom. The van der Waals surface area contributed by atoms with E-state index in [9.17, 15) is 27.1 Å². The second kappa shape index (κ2) is 14.0. The Morgan fingerprint density at radius 2 is 1.95 bits per heavy atom. The molecule has 0 saturated heterocycles. The lowest BCUT2D eigenvalue weighted by molar-refractivity contribution is -0.177. The van der Waals surface area contributed by atoms with Crippen LogP contribution >= 0.6 is 0 Å². The quantitative estimate of drug-likeness (QED) is 0.160. The highest BCUT2D eigenvalue weighted by molar-refractivity contribution is 8.06. The van der Waals surface area contributed by atoms with Gasteiger partial charge in [0.15, 0.2) is 5.78 Å². The van der Waals surface area contributed by atoms with Gasteiger partial charge in [0, 0.05) is 25.2 Å². The van der Waals surface area contributed by atoms with Crippen LogP contribution in [0.4, 0.5) is 8.78 Å². The summed E-state index contributed by atoms with van der Waals surface area (Å²) in [5.41, 5.74) is 1.10. The van der Waals surface area contributed by atoms with E-state index in [0.29, 0.717) is 18.4 Å². The second-order valence-corrected chi connectivity index (χ2v) is 11.8. The number of carbonyl (C=O) groups excluding carboxylic acids is 1. The average Bonchev–Trinajstić information content (AvgIpc) is 2.93. The minimum absolute atomic E-state index is 0.100. The smallest absolute Gasteiger partial charge is 0.397 e. The van der Waals surface area contributed by atoms with Gasteiger partial charge >= 0.3 is 6.11 Å². The van der Waals surface area contributed by atoms with Gasteiger partial charge in [0.1, 0.15) is 27.5 Å². The van der Waals surface area contributed by atoms with E-state index >= 15 is 0 Å². The summed E-state index contributed by atoms with van der Waals surface area (Å²) in [7, 11) is -4.24. The number of aliphatic hydroxyl groups is 1. The molecule has 1 aliphatic rings. The molecule has 0 fully saturated rings. The lowest BCUT2D eigenvalue weighted by Crippen LogP contribution is -2.29. The molecular weight excluding hydrogens is 540 g/mol. The van der Waals surface area contributed by atoms with Gasteiger partial charge < -0.3 is 14.6 Å². The Bertz CT molecular complexity index is 1330. The number of ether oxygens (including phenoxy) is 2. The van der Waals surface area contributed by atoms with Gasteiger partial charge in [-0.2, -0.15) is 8.78 Å². The van der Waals surface area contributed by atoms with Crippen LogP contribution in [0.5, 0.6) is 11.5 Å². The van der Waals surface area contributed by atoms with Gasteiger partial charge in [-0.25, -0.2) is 8.42 Å². The molecule has 1 aliphatic carbocycles. The summed E-state index contributed by atoms with van der Waals surface area (Å²) in [6, 6.07) is 10.2. The van der Waals surface area contributed by atoms with Crippen molar-refractivity contribution in [3.05, 3.63) is 65.7 Å². The molecule has 2 aromatic rings. The first-order valence-corrected chi connectivity index (χ1v) is 15.1. The van der Waals surface area contributed by atoms with Crippen molar-refractivity contribution < 1.29 is 36.6 Å². The third-order valence-corrected chi connectivity index (χ3v) is 8.49. The molecule has 2 N–H and O–H groups in total. The summed E-state index contributed by atoms with van der Waals surface area (Å²) in [5, 5.41) is 18.1. The van der Waals surface area contributed by atoms with Crippen LogP contribution in [0, 0.1) is 11.3 Å². The van der Waals surface area contributed by atoms with Crippen LogP contribution in [-0.4, -0.2) is 43.2 Å². The summed E-state index contributed by atoms with van der Waals surface area (Å²) in [4.78, 5) is 12.3. The molecule has 2 unspecified atom stereocenters. The summed E-state index contributed by atoms with van der Waals surface area (Å²) in [6.07, 6.45) is 2.58. The fraction of sp³-hybridized carbons (Fsp3) is 0.467. The number of Topliss-reactive ketones (excluding diaryl/α,β-unsaturated/α-hetero) is 1. The third kappa shape index (κ3) is 8.44. The lowest BCUT2D eigenvalue weighted by Gasteiger charge is -2.21. The predicted octanol–water partition coefficient (Wildman–Crippen LogP) is 6.07. The van der Waals surface area contributed by atoms with Crippen molar-refractivity contribution in [2.75, 3.05) is 6.61 Å². The monoisotopic (exact) mass is 577 g/mol. The van der Waals surface area contributed by atoms with Crippen molar-refractivity contribution in [3.63, 3.8) is 0 Å². The first-order chi connectivity index (χ1) is 19.0. The number of benzene rings is 2. The molecule has 3 rings (SSSR count). The summed E-state index contributed by atoms with van der Waals surface area (Å²) in [6.45, 7) is 3.20. The number of sulfone groups is 1. The number of hydrogen-bond acceptors (Lipinski definition) is 7. The van der Waals surface area contributed by atoms with Crippen LogP contribution in [0.15, 0.2) is 59.5 Å². The minimum atomic E-state index is -4.24. The summed E-state index contributed by atoms with van der Waals surface area (Å²) in [5.74, 6) is -0.363. The summed E-state index contributed by atoms with van der Waals surface area (Å²) >= 11 is 0. The van der Waals surface area contributed by atoms with Crippen LogP contribution in [0.2, 0.25) is 0 Å². The van der Waals surface area contributed by atoms with Gasteiger partial charge in [-0.05, 0) is 74.4 Å². The van der Waals surface area contributed by atoms with Gasteiger partial charge in [0.25, 0.3) is 0 Å². The molecule has 218 valence electrons. The number of allylic oxidation sites excluding steroid dienone is 1. The highest BCUT2D eigenvalue weighted by Gasteiger charge is 2.29. The molecule has 0 bridgehead atoms. The lowest BCUT2D eigenvalue weighted by atomic mass is 9.88. The maximum absolute atomic E-state index is 13.6. The highest BCUT2D eigenvalue weighted by Crippen LogP contribution is 2.30. The topological polar surface area (TPSA) is 114 Å². The van der Waals surface area contributed by atoms with Crippen molar-refractivity contribution in [2.24, 2.45) is 5.92 Å². The molecule has 2 atom stereocenters. The molecule has 0 amide bonds. The molecule has 0 saturated carbocycles. The van der Waals surface area contributed by atoms with Crippen molar-refractivity contribution in [1.82, 2.24) is 0 Å². The maximum Gasteiger partial charge on any atom is 0.397 e. The zero-order chi connectivity index (χ0) is 29.3. The van der Waals surface area contributed by atoms with E-state index in [1.165, 1.54) is 37.3 Å². The van der Waals surface area contributed by atoms with E-state index in [2.05, 4.69) is 4.74 Å². The number of halogens is 2. The van der Waals surface area contributed by atoms with E-state index < -0.39 is 33.5 Å². The molecule has 40 heavy (non-hydrogen) atoms. The van der Waals surface area contributed by atoms with Gasteiger partial charge in [-0.1, -0.05) is 37.3 Å². The van der Waals surface area contributed by atoms with Gasteiger partial charge in [-0.3, -0.25) is 10.2 Å². The van der Waals surface area contributed by atoms with Crippen LogP contribution < -0.4 is 9.47 Å². The number of aliphatic hydroxyl groups excluding tert-OH is 1.